The number of nitrogens with one attached hydrogen (secondary N) is 1. The number of amides is 2. The highest BCUT2D eigenvalue weighted by Gasteiger charge is 2.27. The van der Waals surface area contributed by atoms with Crippen molar-refractivity contribution in [1.82, 2.24) is 25.2 Å². The van der Waals surface area contributed by atoms with Crippen molar-refractivity contribution in [3.05, 3.63) is 42.2 Å². The van der Waals surface area contributed by atoms with E-state index in [4.69, 9.17) is 5.11 Å². The number of benzene rings is 1. The molecule has 0 atom stereocenters. The summed E-state index contributed by atoms with van der Waals surface area (Å²) in [4.78, 5) is 26.4. The fourth-order valence-corrected chi connectivity index (χ4v) is 3.14. The van der Waals surface area contributed by atoms with Gasteiger partial charge in [-0.25, -0.2) is 4.79 Å². The molecule has 8 heteroatoms. The predicted octanol–water partition coefficient (Wildman–Crippen LogP) is 2.05. The Bertz CT molecular complexity index is 753. The van der Waals surface area contributed by atoms with Crippen LogP contribution < -0.4 is 5.32 Å². The maximum Gasteiger partial charge on any atom is 0.317 e. The van der Waals surface area contributed by atoms with Crippen LogP contribution >= 0.6 is 0 Å². The molecule has 0 aliphatic heterocycles. The van der Waals surface area contributed by atoms with E-state index in [1.54, 1.807) is 18.1 Å². The number of aromatic nitrogens is 3. The number of hydrogen-bond acceptors (Lipinski definition) is 4. The van der Waals surface area contributed by atoms with Gasteiger partial charge in [-0.1, -0.05) is 18.2 Å². The average Bonchev–Trinajstić information content (AvgIpc) is 3.11. The summed E-state index contributed by atoms with van der Waals surface area (Å²) >= 11 is 0. The molecular weight excluding hydrogens is 334 g/mol. The molecule has 1 aliphatic carbocycles. The maximum atomic E-state index is 12.4. The summed E-state index contributed by atoms with van der Waals surface area (Å²) in [5, 5.41) is 20.6. The molecule has 1 heterocycles. The Kier molecular flexibility index (Phi) is 5.50. The van der Waals surface area contributed by atoms with Crippen LogP contribution in [-0.2, 0) is 11.3 Å². The summed E-state index contributed by atoms with van der Waals surface area (Å²) in [6.45, 7) is 0.350. The standard InChI is InChI=1S/C18H23N5O3/c1-22(18(26)20-14-9-7-13(8-10-14)17(24)25)12-15-11-19-23(21-15)16-5-3-2-4-6-16/h2-6,11,13-14H,7-10,12H2,1H3,(H,20,26)(H,24,25). The molecule has 0 radical (unpaired) electrons. The van der Waals surface area contributed by atoms with E-state index in [9.17, 15) is 9.59 Å². The highest BCUT2D eigenvalue weighted by molar-refractivity contribution is 5.74. The number of rotatable bonds is 5. The number of aliphatic carboxylic acids is 1. The van der Waals surface area contributed by atoms with Gasteiger partial charge >= 0.3 is 12.0 Å². The largest absolute Gasteiger partial charge is 0.481 e. The second-order valence-corrected chi connectivity index (χ2v) is 6.65. The molecule has 0 saturated heterocycles. The highest BCUT2D eigenvalue weighted by atomic mass is 16.4. The molecule has 8 nitrogen and oxygen atoms in total. The third kappa shape index (κ3) is 4.38. The monoisotopic (exact) mass is 357 g/mol. The zero-order valence-corrected chi connectivity index (χ0v) is 14.7. The molecule has 2 aromatic rings. The van der Waals surface area contributed by atoms with E-state index in [0.29, 0.717) is 37.9 Å². The SMILES string of the molecule is CN(Cc1cnn(-c2ccccc2)n1)C(=O)NC1CCC(C(=O)O)CC1. The molecule has 0 spiro atoms. The van der Waals surface area contributed by atoms with Crippen molar-refractivity contribution < 1.29 is 14.7 Å². The minimum absolute atomic E-state index is 0.0283. The lowest BCUT2D eigenvalue weighted by Crippen LogP contribution is -2.44. The second kappa shape index (κ2) is 7.99. The zero-order chi connectivity index (χ0) is 18.5. The van der Waals surface area contributed by atoms with Crippen LogP contribution in [-0.4, -0.2) is 50.1 Å². The maximum absolute atomic E-state index is 12.4. The van der Waals surface area contributed by atoms with Gasteiger partial charge in [-0.05, 0) is 37.8 Å². The molecule has 1 aliphatic rings. The Hall–Kier alpha value is -2.90. The third-order valence-corrected chi connectivity index (χ3v) is 4.68. The van der Waals surface area contributed by atoms with Crippen LogP contribution in [0.1, 0.15) is 31.4 Å². The predicted molar refractivity (Wildman–Crippen MR) is 94.7 cm³/mol. The second-order valence-electron chi connectivity index (χ2n) is 6.65. The zero-order valence-electron chi connectivity index (χ0n) is 14.7. The number of urea groups is 1. The Labute approximate surface area is 151 Å². The van der Waals surface area contributed by atoms with Crippen molar-refractivity contribution in [3.63, 3.8) is 0 Å². The number of carbonyl (C=O) groups excluding carboxylic acids is 1. The molecular formula is C18H23N5O3. The first-order valence-electron chi connectivity index (χ1n) is 8.74. The van der Waals surface area contributed by atoms with E-state index in [1.165, 1.54) is 4.80 Å². The van der Waals surface area contributed by atoms with Crippen molar-refractivity contribution in [2.75, 3.05) is 7.05 Å². The molecule has 1 aromatic heterocycles. The Balaban J connectivity index is 1.50. The Morgan fingerprint density at radius 1 is 1.23 bits per heavy atom. The van der Waals surface area contributed by atoms with Gasteiger partial charge in [0.1, 0.15) is 5.69 Å². The van der Waals surface area contributed by atoms with Gasteiger partial charge in [0.25, 0.3) is 0 Å². The molecule has 0 unspecified atom stereocenters. The minimum Gasteiger partial charge on any atom is -0.481 e. The molecule has 0 bridgehead atoms. The molecule has 26 heavy (non-hydrogen) atoms. The van der Waals surface area contributed by atoms with Gasteiger partial charge in [0.05, 0.1) is 24.3 Å². The van der Waals surface area contributed by atoms with Crippen LogP contribution in [0.4, 0.5) is 4.79 Å². The van der Waals surface area contributed by atoms with Gasteiger partial charge in [0.2, 0.25) is 0 Å². The summed E-state index contributed by atoms with van der Waals surface area (Å²) in [6.07, 6.45) is 4.25. The van der Waals surface area contributed by atoms with Crippen LogP contribution in [0.25, 0.3) is 5.69 Å². The van der Waals surface area contributed by atoms with E-state index >= 15 is 0 Å². The molecule has 2 N–H and O–H groups in total. The van der Waals surface area contributed by atoms with Gasteiger partial charge in [-0.3, -0.25) is 4.79 Å². The van der Waals surface area contributed by atoms with Crippen LogP contribution in [0.15, 0.2) is 36.5 Å². The van der Waals surface area contributed by atoms with Gasteiger partial charge in [-0.15, -0.1) is 0 Å². The number of carboxylic acid groups (broad SMARTS) is 1. The number of carboxylic acids is 1. The van der Waals surface area contributed by atoms with Crippen LogP contribution in [0.5, 0.6) is 0 Å². The quantitative estimate of drug-likeness (QED) is 0.853. The first-order valence-corrected chi connectivity index (χ1v) is 8.74. The van der Waals surface area contributed by atoms with E-state index in [-0.39, 0.29) is 18.0 Å². The van der Waals surface area contributed by atoms with Crippen LogP contribution in [0.2, 0.25) is 0 Å². The van der Waals surface area contributed by atoms with Gasteiger partial charge in [-0.2, -0.15) is 15.0 Å². The first-order chi connectivity index (χ1) is 12.5. The summed E-state index contributed by atoms with van der Waals surface area (Å²) in [7, 11) is 1.71. The van der Waals surface area contributed by atoms with Crippen LogP contribution in [0.3, 0.4) is 0 Å². The lowest BCUT2D eigenvalue weighted by atomic mass is 9.86. The number of nitrogens with zero attached hydrogens (tertiary/aromatic N) is 4. The molecule has 1 saturated carbocycles. The van der Waals surface area contributed by atoms with Crippen molar-refractivity contribution in [2.24, 2.45) is 5.92 Å². The lowest BCUT2D eigenvalue weighted by molar-refractivity contribution is -0.142. The fraction of sp³-hybridized carbons (Fsp3) is 0.444. The average molecular weight is 357 g/mol. The molecule has 138 valence electrons. The van der Waals surface area contributed by atoms with E-state index < -0.39 is 5.97 Å². The van der Waals surface area contributed by atoms with Gasteiger partial charge < -0.3 is 15.3 Å². The summed E-state index contributed by atoms with van der Waals surface area (Å²) in [6, 6.07) is 9.42. The number of para-hydroxylation sites is 1. The first kappa shape index (κ1) is 17.9. The fourth-order valence-electron chi connectivity index (χ4n) is 3.14. The minimum atomic E-state index is -0.742. The van der Waals surface area contributed by atoms with Gasteiger partial charge in [0, 0.05) is 13.1 Å². The Morgan fingerprint density at radius 2 is 1.92 bits per heavy atom. The molecule has 1 fully saturated rings. The van der Waals surface area contributed by atoms with Crippen molar-refractivity contribution in [3.8, 4) is 5.69 Å². The smallest absolute Gasteiger partial charge is 0.317 e. The van der Waals surface area contributed by atoms with E-state index in [2.05, 4.69) is 15.5 Å². The molecule has 3 rings (SSSR count). The molecule has 1 aromatic carbocycles. The third-order valence-electron chi connectivity index (χ3n) is 4.68. The van der Waals surface area contributed by atoms with Crippen molar-refractivity contribution in [2.45, 2.75) is 38.3 Å². The summed E-state index contributed by atoms with van der Waals surface area (Å²) in [5.74, 6) is -1.03. The van der Waals surface area contributed by atoms with Crippen molar-refractivity contribution in [1.29, 1.82) is 0 Å². The van der Waals surface area contributed by atoms with Crippen LogP contribution in [0, 0.1) is 5.92 Å². The van der Waals surface area contributed by atoms with Crippen molar-refractivity contribution >= 4 is 12.0 Å². The molecule has 2 amide bonds. The number of carbonyl (C=O) groups is 2. The Morgan fingerprint density at radius 3 is 2.58 bits per heavy atom. The normalized spacial score (nSPS) is 19.7. The topological polar surface area (TPSA) is 100 Å². The summed E-state index contributed by atoms with van der Waals surface area (Å²) < 4.78 is 0. The number of hydrogen-bond donors (Lipinski definition) is 2. The van der Waals surface area contributed by atoms with E-state index in [1.807, 2.05) is 30.3 Å². The van der Waals surface area contributed by atoms with Gasteiger partial charge in [0.15, 0.2) is 0 Å². The van der Waals surface area contributed by atoms with E-state index in [0.717, 1.165) is 5.69 Å². The lowest BCUT2D eigenvalue weighted by Gasteiger charge is -2.28. The summed E-state index contributed by atoms with van der Waals surface area (Å²) in [5.41, 5.74) is 1.56. The highest BCUT2D eigenvalue weighted by Crippen LogP contribution is 2.24.